The van der Waals surface area contributed by atoms with Crippen molar-refractivity contribution in [2.24, 2.45) is 0 Å². The van der Waals surface area contributed by atoms with E-state index in [1.807, 2.05) is 44.2 Å². The fraction of sp³-hybridized carbons (Fsp3) is 0.429. The van der Waals surface area contributed by atoms with E-state index in [0.29, 0.717) is 5.75 Å². The Morgan fingerprint density at radius 3 is 2.65 bits per heavy atom. The van der Waals surface area contributed by atoms with Crippen LogP contribution in [-0.4, -0.2) is 39.2 Å². The Balaban J connectivity index is 2.05. The van der Waals surface area contributed by atoms with Gasteiger partial charge in [0, 0.05) is 5.75 Å². The predicted octanol–water partition coefficient (Wildman–Crippen LogP) is 2.31. The molecule has 1 saturated heterocycles. The SMILES string of the molecule is CC(NC(=O)N1C(C)SCC1C(=O)O)c1ccccc1. The van der Waals surface area contributed by atoms with Gasteiger partial charge in [-0.15, -0.1) is 11.8 Å². The molecule has 1 aliphatic heterocycles. The fourth-order valence-electron chi connectivity index (χ4n) is 2.23. The van der Waals surface area contributed by atoms with Gasteiger partial charge in [0.05, 0.1) is 11.4 Å². The Labute approximate surface area is 122 Å². The van der Waals surface area contributed by atoms with Crippen LogP contribution in [0.4, 0.5) is 4.79 Å². The number of aliphatic carboxylic acids is 1. The molecule has 0 aliphatic carbocycles. The molecule has 0 radical (unpaired) electrons. The quantitative estimate of drug-likeness (QED) is 0.897. The normalized spacial score (nSPS) is 23.4. The molecule has 6 heteroatoms. The van der Waals surface area contributed by atoms with Crippen LogP contribution in [0, 0.1) is 0 Å². The molecule has 20 heavy (non-hydrogen) atoms. The van der Waals surface area contributed by atoms with Crippen molar-refractivity contribution < 1.29 is 14.7 Å². The van der Waals surface area contributed by atoms with Gasteiger partial charge >= 0.3 is 12.0 Å². The number of rotatable bonds is 3. The highest BCUT2D eigenvalue weighted by Gasteiger charge is 2.39. The minimum Gasteiger partial charge on any atom is -0.480 e. The van der Waals surface area contributed by atoms with Crippen molar-refractivity contribution in [3.8, 4) is 0 Å². The van der Waals surface area contributed by atoms with Crippen LogP contribution >= 0.6 is 11.8 Å². The predicted molar refractivity (Wildman–Crippen MR) is 78.6 cm³/mol. The number of carbonyl (C=O) groups excluding carboxylic acids is 1. The van der Waals surface area contributed by atoms with Gasteiger partial charge in [0.1, 0.15) is 6.04 Å². The lowest BCUT2D eigenvalue weighted by atomic mass is 10.1. The van der Waals surface area contributed by atoms with Gasteiger partial charge in [0.2, 0.25) is 0 Å². The zero-order chi connectivity index (χ0) is 14.7. The molecule has 1 heterocycles. The van der Waals surface area contributed by atoms with E-state index >= 15 is 0 Å². The number of thioether (sulfide) groups is 1. The van der Waals surface area contributed by atoms with Gasteiger partial charge in [-0.25, -0.2) is 9.59 Å². The number of hydrogen-bond donors (Lipinski definition) is 2. The molecule has 2 amide bonds. The zero-order valence-corrected chi connectivity index (χ0v) is 12.3. The molecule has 1 aliphatic rings. The molecule has 0 saturated carbocycles. The standard InChI is InChI=1S/C14H18N2O3S/c1-9(11-6-4-3-5-7-11)15-14(19)16-10(2)20-8-12(16)13(17)18/h3-7,9-10,12H,8H2,1-2H3,(H,15,19)(H,17,18). The Morgan fingerprint density at radius 2 is 2.05 bits per heavy atom. The number of benzene rings is 1. The molecule has 1 aromatic rings. The van der Waals surface area contributed by atoms with E-state index in [1.165, 1.54) is 16.7 Å². The third-order valence-electron chi connectivity index (χ3n) is 3.38. The third-order valence-corrected chi connectivity index (χ3v) is 4.60. The fourth-order valence-corrected chi connectivity index (χ4v) is 3.39. The molecule has 1 aromatic carbocycles. The van der Waals surface area contributed by atoms with E-state index in [0.717, 1.165) is 5.56 Å². The second kappa shape index (κ2) is 6.17. The van der Waals surface area contributed by atoms with Crippen molar-refractivity contribution in [2.45, 2.75) is 31.3 Å². The molecule has 108 valence electrons. The van der Waals surface area contributed by atoms with Gasteiger partial charge in [-0.3, -0.25) is 4.90 Å². The van der Waals surface area contributed by atoms with Gasteiger partial charge in [-0.1, -0.05) is 30.3 Å². The molecular formula is C14H18N2O3S. The second-order valence-corrected chi connectivity index (χ2v) is 6.12. The van der Waals surface area contributed by atoms with E-state index < -0.39 is 12.0 Å². The molecule has 0 spiro atoms. The highest BCUT2D eigenvalue weighted by atomic mass is 32.2. The van der Waals surface area contributed by atoms with Crippen LogP contribution in [0.15, 0.2) is 30.3 Å². The Hall–Kier alpha value is -1.69. The average molecular weight is 294 g/mol. The summed E-state index contributed by atoms with van der Waals surface area (Å²) in [7, 11) is 0. The molecule has 5 nitrogen and oxygen atoms in total. The zero-order valence-electron chi connectivity index (χ0n) is 11.4. The number of nitrogens with zero attached hydrogens (tertiary/aromatic N) is 1. The smallest absolute Gasteiger partial charge is 0.327 e. The number of carbonyl (C=O) groups is 2. The first-order valence-corrected chi connectivity index (χ1v) is 7.53. The highest BCUT2D eigenvalue weighted by Crippen LogP contribution is 2.29. The van der Waals surface area contributed by atoms with Crippen LogP contribution in [0.1, 0.15) is 25.5 Å². The second-order valence-electron chi connectivity index (χ2n) is 4.78. The number of urea groups is 1. The van der Waals surface area contributed by atoms with E-state index in [-0.39, 0.29) is 17.4 Å². The Kier molecular flexibility index (Phi) is 4.54. The summed E-state index contributed by atoms with van der Waals surface area (Å²) in [4.78, 5) is 24.9. The third kappa shape index (κ3) is 3.07. The number of carboxylic acids is 1. The van der Waals surface area contributed by atoms with Gasteiger partial charge in [0.25, 0.3) is 0 Å². The lowest BCUT2D eigenvalue weighted by Gasteiger charge is -2.27. The molecule has 2 rings (SSSR count). The first-order valence-electron chi connectivity index (χ1n) is 6.49. The maximum atomic E-state index is 12.3. The Bertz CT molecular complexity index is 494. The molecule has 3 unspecified atom stereocenters. The van der Waals surface area contributed by atoms with Gasteiger partial charge in [0.15, 0.2) is 0 Å². The average Bonchev–Trinajstić information content (AvgIpc) is 2.81. The van der Waals surface area contributed by atoms with Crippen LogP contribution in [0.25, 0.3) is 0 Å². The highest BCUT2D eigenvalue weighted by molar-refractivity contribution is 8.00. The lowest BCUT2D eigenvalue weighted by molar-refractivity contribution is -0.141. The van der Waals surface area contributed by atoms with Crippen LogP contribution in [0.3, 0.4) is 0 Å². The summed E-state index contributed by atoms with van der Waals surface area (Å²) >= 11 is 1.48. The summed E-state index contributed by atoms with van der Waals surface area (Å²) in [5, 5.41) is 11.9. The molecule has 3 atom stereocenters. The minimum atomic E-state index is -0.954. The minimum absolute atomic E-state index is 0.126. The largest absolute Gasteiger partial charge is 0.480 e. The molecule has 1 fully saturated rings. The maximum Gasteiger partial charge on any atom is 0.327 e. The number of hydrogen-bond acceptors (Lipinski definition) is 3. The molecular weight excluding hydrogens is 276 g/mol. The number of nitrogens with one attached hydrogen (secondary N) is 1. The van der Waals surface area contributed by atoms with Crippen molar-refractivity contribution in [3.63, 3.8) is 0 Å². The van der Waals surface area contributed by atoms with Crippen LogP contribution < -0.4 is 5.32 Å². The van der Waals surface area contributed by atoms with Gasteiger partial charge in [-0.05, 0) is 19.4 Å². The number of amides is 2. The van der Waals surface area contributed by atoms with Crippen LogP contribution in [-0.2, 0) is 4.79 Å². The molecule has 0 bridgehead atoms. The summed E-state index contributed by atoms with van der Waals surface area (Å²) < 4.78 is 0. The lowest BCUT2D eigenvalue weighted by Crippen LogP contribution is -2.49. The summed E-state index contributed by atoms with van der Waals surface area (Å²) in [6.07, 6.45) is 0. The van der Waals surface area contributed by atoms with E-state index in [1.54, 1.807) is 0 Å². The molecule has 0 aromatic heterocycles. The summed E-state index contributed by atoms with van der Waals surface area (Å²) in [5.74, 6) is -0.520. The van der Waals surface area contributed by atoms with Crippen LogP contribution in [0.5, 0.6) is 0 Å². The van der Waals surface area contributed by atoms with Crippen molar-refractivity contribution in [2.75, 3.05) is 5.75 Å². The summed E-state index contributed by atoms with van der Waals surface area (Å²) in [5.41, 5.74) is 0.993. The monoisotopic (exact) mass is 294 g/mol. The van der Waals surface area contributed by atoms with Crippen LogP contribution in [0.2, 0.25) is 0 Å². The Morgan fingerprint density at radius 1 is 1.40 bits per heavy atom. The van der Waals surface area contributed by atoms with Crippen molar-refractivity contribution in [1.82, 2.24) is 10.2 Å². The number of carboxylic acid groups (broad SMARTS) is 1. The van der Waals surface area contributed by atoms with Crippen molar-refractivity contribution in [3.05, 3.63) is 35.9 Å². The topological polar surface area (TPSA) is 69.6 Å². The first kappa shape index (κ1) is 14.7. The summed E-state index contributed by atoms with van der Waals surface area (Å²) in [6, 6.07) is 8.36. The summed E-state index contributed by atoms with van der Waals surface area (Å²) in [6.45, 7) is 3.73. The first-order chi connectivity index (χ1) is 9.50. The van der Waals surface area contributed by atoms with E-state index in [4.69, 9.17) is 5.11 Å². The van der Waals surface area contributed by atoms with Gasteiger partial charge in [-0.2, -0.15) is 0 Å². The van der Waals surface area contributed by atoms with E-state index in [9.17, 15) is 9.59 Å². The van der Waals surface area contributed by atoms with Gasteiger partial charge < -0.3 is 10.4 Å². The van der Waals surface area contributed by atoms with Crippen molar-refractivity contribution >= 4 is 23.8 Å². The molecule has 2 N–H and O–H groups in total. The maximum absolute atomic E-state index is 12.3. The van der Waals surface area contributed by atoms with Crippen molar-refractivity contribution in [1.29, 1.82) is 0 Å². The van der Waals surface area contributed by atoms with E-state index in [2.05, 4.69) is 5.32 Å².